The molecule has 1 aromatic carbocycles. The molecule has 1 N–H and O–H groups in total. The molecule has 1 saturated heterocycles. The molecule has 24 heavy (non-hydrogen) atoms. The third kappa shape index (κ3) is 3.25. The number of carbonyl (C=O) groups excluding carboxylic acids is 2. The average Bonchev–Trinajstić information content (AvgIpc) is 2.91. The molecular formula is C17H20ClN3O3. The molecule has 1 aliphatic rings. The molecule has 2 heterocycles. The maximum atomic E-state index is 12.8. The molecule has 0 saturated carbocycles. The van der Waals surface area contributed by atoms with Crippen LogP contribution in [0.3, 0.4) is 0 Å². The van der Waals surface area contributed by atoms with Gasteiger partial charge in [0, 0.05) is 49.2 Å². The van der Waals surface area contributed by atoms with Crippen LogP contribution in [0.1, 0.15) is 16.1 Å². The number of aryl methyl sites for hydroxylation is 1. The lowest BCUT2D eigenvalue weighted by Crippen LogP contribution is -2.50. The van der Waals surface area contributed by atoms with Gasteiger partial charge in [0.1, 0.15) is 5.58 Å². The Morgan fingerprint density at radius 3 is 2.62 bits per heavy atom. The number of hydrogen-bond donors (Lipinski definition) is 1. The number of likely N-dealkylation sites (N-methyl/N-ethyl adjacent to an activating group) is 1. The fraction of sp³-hybridized carbons (Fsp3) is 0.412. The summed E-state index contributed by atoms with van der Waals surface area (Å²) in [6.07, 6.45) is 0. The van der Waals surface area contributed by atoms with Gasteiger partial charge in [-0.3, -0.25) is 14.5 Å². The third-order valence-corrected chi connectivity index (χ3v) is 4.63. The summed E-state index contributed by atoms with van der Waals surface area (Å²) in [7, 11) is 1.62. The van der Waals surface area contributed by atoms with E-state index in [1.807, 2.05) is 17.9 Å². The van der Waals surface area contributed by atoms with Gasteiger partial charge in [-0.05, 0) is 25.1 Å². The number of nitrogens with one attached hydrogen (secondary N) is 1. The molecule has 1 aliphatic heterocycles. The van der Waals surface area contributed by atoms with Crippen molar-refractivity contribution in [2.75, 3.05) is 39.8 Å². The van der Waals surface area contributed by atoms with Crippen LogP contribution in [-0.2, 0) is 4.79 Å². The molecule has 7 heteroatoms. The van der Waals surface area contributed by atoms with Gasteiger partial charge in [-0.2, -0.15) is 0 Å². The quantitative estimate of drug-likeness (QED) is 0.919. The lowest BCUT2D eigenvalue weighted by atomic mass is 10.1. The van der Waals surface area contributed by atoms with Gasteiger partial charge >= 0.3 is 0 Å². The van der Waals surface area contributed by atoms with Crippen LogP contribution in [0.2, 0.25) is 5.02 Å². The summed E-state index contributed by atoms with van der Waals surface area (Å²) in [5, 5.41) is 4.10. The van der Waals surface area contributed by atoms with Gasteiger partial charge in [0.25, 0.3) is 5.91 Å². The SMILES string of the molecule is CNC(=O)CN1CCN(C(=O)c2oc3ccc(Cl)cc3c2C)CC1. The standard InChI is InChI=1S/C17H20ClN3O3/c1-11-13-9-12(18)3-4-14(13)24-16(11)17(23)21-7-5-20(6-8-21)10-15(22)19-2/h3-4,9H,5-8,10H2,1-2H3,(H,19,22). The van der Waals surface area contributed by atoms with Gasteiger partial charge in [-0.15, -0.1) is 0 Å². The van der Waals surface area contributed by atoms with Crippen molar-refractivity contribution in [2.24, 2.45) is 0 Å². The first-order valence-electron chi connectivity index (χ1n) is 7.90. The second-order valence-electron chi connectivity index (χ2n) is 5.94. The highest BCUT2D eigenvalue weighted by molar-refractivity contribution is 6.31. The van der Waals surface area contributed by atoms with Crippen LogP contribution in [0.15, 0.2) is 22.6 Å². The average molecular weight is 350 g/mol. The predicted molar refractivity (Wildman–Crippen MR) is 92.4 cm³/mol. The summed E-state index contributed by atoms with van der Waals surface area (Å²) in [6.45, 7) is 4.73. The second-order valence-corrected chi connectivity index (χ2v) is 6.37. The van der Waals surface area contributed by atoms with E-state index in [-0.39, 0.29) is 11.8 Å². The van der Waals surface area contributed by atoms with Crippen LogP contribution in [-0.4, -0.2) is 61.4 Å². The molecule has 0 radical (unpaired) electrons. The molecule has 3 rings (SSSR count). The first-order chi connectivity index (χ1) is 11.5. The van der Waals surface area contributed by atoms with Crippen LogP contribution in [0, 0.1) is 6.92 Å². The summed E-state index contributed by atoms with van der Waals surface area (Å²) >= 11 is 6.02. The van der Waals surface area contributed by atoms with Gasteiger partial charge in [0.05, 0.1) is 6.54 Å². The molecule has 6 nitrogen and oxygen atoms in total. The van der Waals surface area contributed by atoms with Gasteiger partial charge < -0.3 is 14.6 Å². The molecule has 0 unspecified atom stereocenters. The van der Waals surface area contributed by atoms with E-state index in [1.165, 1.54) is 0 Å². The second kappa shape index (κ2) is 6.83. The Kier molecular flexibility index (Phi) is 4.78. The van der Waals surface area contributed by atoms with Gasteiger partial charge in [0.2, 0.25) is 5.91 Å². The van der Waals surface area contributed by atoms with Crippen molar-refractivity contribution >= 4 is 34.4 Å². The summed E-state index contributed by atoms with van der Waals surface area (Å²) in [5.74, 6) is 0.242. The van der Waals surface area contributed by atoms with E-state index in [2.05, 4.69) is 5.32 Å². The van der Waals surface area contributed by atoms with Crippen molar-refractivity contribution in [2.45, 2.75) is 6.92 Å². The highest BCUT2D eigenvalue weighted by Crippen LogP contribution is 2.28. The first kappa shape index (κ1) is 16.8. The zero-order valence-electron chi connectivity index (χ0n) is 13.8. The Labute approximate surface area is 145 Å². The largest absolute Gasteiger partial charge is 0.451 e. The summed E-state index contributed by atoms with van der Waals surface area (Å²) in [6, 6.07) is 5.34. The monoisotopic (exact) mass is 349 g/mol. The number of piperazine rings is 1. The Hall–Kier alpha value is -2.05. The fourth-order valence-corrected chi connectivity index (χ4v) is 3.10. The molecular weight excluding hydrogens is 330 g/mol. The van der Waals surface area contributed by atoms with Crippen LogP contribution >= 0.6 is 11.6 Å². The van der Waals surface area contributed by atoms with E-state index in [0.29, 0.717) is 49.1 Å². The number of halogens is 1. The third-order valence-electron chi connectivity index (χ3n) is 4.40. The topological polar surface area (TPSA) is 65.8 Å². The maximum absolute atomic E-state index is 12.8. The number of carbonyl (C=O) groups is 2. The van der Waals surface area contributed by atoms with Crippen molar-refractivity contribution in [1.29, 1.82) is 0 Å². The molecule has 1 aromatic heterocycles. The molecule has 2 aromatic rings. The molecule has 2 amide bonds. The normalized spacial score (nSPS) is 15.7. The number of amides is 2. The van der Waals surface area contributed by atoms with Gasteiger partial charge in [-0.1, -0.05) is 11.6 Å². The number of furan rings is 1. The highest BCUT2D eigenvalue weighted by Gasteiger charge is 2.27. The Balaban J connectivity index is 1.72. The van der Waals surface area contributed by atoms with Crippen molar-refractivity contribution < 1.29 is 14.0 Å². The molecule has 0 spiro atoms. The van der Waals surface area contributed by atoms with Crippen LogP contribution < -0.4 is 5.32 Å². The fourth-order valence-electron chi connectivity index (χ4n) is 2.93. The predicted octanol–water partition coefficient (Wildman–Crippen LogP) is 1.90. The number of nitrogens with zero attached hydrogens (tertiary/aromatic N) is 2. The molecule has 128 valence electrons. The minimum Gasteiger partial charge on any atom is -0.451 e. The van der Waals surface area contributed by atoms with Crippen molar-refractivity contribution in [3.63, 3.8) is 0 Å². The maximum Gasteiger partial charge on any atom is 0.289 e. The minimum atomic E-state index is -0.112. The number of fused-ring (bicyclic) bond motifs is 1. The van der Waals surface area contributed by atoms with Crippen molar-refractivity contribution in [1.82, 2.24) is 15.1 Å². The molecule has 0 bridgehead atoms. The van der Waals surface area contributed by atoms with Gasteiger partial charge in [-0.25, -0.2) is 0 Å². The number of hydrogen-bond acceptors (Lipinski definition) is 4. The van der Waals surface area contributed by atoms with E-state index < -0.39 is 0 Å². The summed E-state index contributed by atoms with van der Waals surface area (Å²) in [5.41, 5.74) is 1.48. The van der Waals surface area contributed by atoms with E-state index in [4.69, 9.17) is 16.0 Å². The Morgan fingerprint density at radius 1 is 1.25 bits per heavy atom. The van der Waals surface area contributed by atoms with E-state index in [9.17, 15) is 9.59 Å². The number of rotatable bonds is 3. The number of benzene rings is 1. The van der Waals surface area contributed by atoms with E-state index in [1.54, 1.807) is 24.1 Å². The summed E-state index contributed by atoms with van der Waals surface area (Å²) < 4.78 is 5.75. The van der Waals surface area contributed by atoms with Crippen LogP contribution in [0.25, 0.3) is 11.0 Å². The molecule has 0 aliphatic carbocycles. The Bertz CT molecular complexity index is 779. The first-order valence-corrected chi connectivity index (χ1v) is 8.28. The zero-order chi connectivity index (χ0) is 17.3. The zero-order valence-corrected chi connectivity index (χ0v) is 14.5. The lowest BCUT2D eigenvalue weighted by molar-refractivity contribution is -0.122. The smallest absolute Gasteiger partial charge is 0.289 e. The van der Waals surface area contributed by atoms with Crippen LogP contribution in [0.4, 0.5) is 0 Å². The molecule has 0 atom stereocenters. The lowest BCUT2D eigenvalue weighted by Gasteiger charge is -2.33. The van der Waals surface area contributed by atoms with E-state index >= 15 is 0 Å². The highest BCUT2D eigenvalue weighted by atomic mass is 35.5. The molecule has 1 fully saturated rings. The van der Waals surface area contributed by atoms with Crippen molar-refractivity contribution in [3.05, 3.63) is 34.5 Å². The summed E-state index contributed by atoms with van der Waals surface area (Å²) in [4.78, 5) is 28.0. The van der Waals surface area contributed by atoms with Crippen LogP contribution in [0.5, 0.6) is 0 Å². The van der Waals surface area contributed by atoms with Crippen molar-refractivity contribution in [3.8, 4) is 0 Å². The Morgan fingerprint density at radius 2 is 1.96 bits per heavy atom. The van der Waals surface area contributed by atoms with Gasteiger partial charge in [0.15, 0.2) is 5.76 Å². The minimum absolute atomic E-state index is 0.0141. The van der Waals surface area contributed by atoms with E-state index in [0.717, 1.165) is 10.9 Å².